The molecule has 0 saturated heterocycles. The molecule has 0 aliphatic heterocycles. The predicted molar refractivity (Wildman–Crippen MR) is 61.7 cm³/mol. The van der Waals surface area contributed by atoms with Crippen LogP contribution in [0.4, 0.5) is 8.78 Å². The van der Waals surface area contributed by atoms with Crippen molar-refractivity contribution in [1.82, 2.24) is 0 Å². The molecule has 0 atom stereocenters. The van der Waals surface area contributed by atoms with Gasteiger partial charge in [-0.15, -0.1) is 0 Å². The maximum absolute atomic E-state index is 13.4. The van der Waals surface area contributed by atoms with E-state index < -0.39 is 18.3 Å². The van der Waals surface area contributed by atoms with Crippen LogP contribution in [0, 0.1) is 0 Å². The van der Waals surface area contributed by atoms with Gasteiger partial charge in [-0.3, -0.25) is 0 Å². The van der Waals surface area contributed by atoms with Crippen LogP contribution in [0.2, 0.25) is 0 Å². The summed E-state index contributed by atoms with van der Waals surface area (Å²) in [4.78, 5) is 11.0. The third-order valence-electron chi connectivity index (χ3n) is 2.19. The molecule has 0 aliphatic rings. The molecule has 0 spiro atoms. The normalized spacial score (nSPS) is 11.0. The molecule has 2 nitrogen and oxygen atoms in total. The number of carbonyl (C=O) groups is 1. The molecule has 92 valence electrons. The van der Waals surface area contributed by atoms with Crippen LogP contribution in [0.5, 0.6) is 0 Å². The SMILES string of the molecule is C=C(CC(F)(F)C(=O)OCC)c1ccccc1. The third kappa shape index (κ3) is 3.66. The van der Waals surface area contributed by atoms with Crippen LogP contribution in [0.25, 0.3) is 5.57 Å². The van der Waals surface area contributed by atoms with Crippen molar-refractivity contribution in [2.75, 3.05) is 6.61 Å². The largest absolute Gasteiger partial charge is 0.462 e. The quantitative estimate of drug-likeness (QED) is 0.738. The van der Waals surface area contributed by atoms with Gasteiger partial charge in [-0.25, -0.2) is 4.79 Å². The fraction of sp³-hybridized carbons (Fsp3) is 0.308. The van der Waals surface area contributed by atoms with Crippen LogP contribution in [0.3, 0.4) is 0 Å². The Kier molecular flexibility index (Phi) is 4.37. The van der Waals surface area contributed by atoms with Crippen molar-refractivity contribution >= 4 is 11.5 Å². The minimum atomic E-state index is -3.52. The average molecular weight is 240 g/mol. The second-order valence-electron chi connectivity index (χ2n) is 3.57. The maximum Gasteiger partial charge on any atom is 0.377 e. The van der Waals surface area contributed by atoms with Gasteiger partial charge < -0.3 is 4.74 Å². The Morgan fingerprint density at radius 3 is 2.47 bits per heavy atom. The first kappa shape index (κ1) is 13.4. The van der Waals surface area contributed by atoms with E-state index in [0.717, 1.165) is 0 Å². The van der Waals surface area contributed by atoms with E-state index in [1.165, 1.54) is 6.92 Å². The first-order chi connectivity index (χ1) is 7.97. The molecular formula is C13H14F2O2. The Morgan fingerprint density at radius 2 is 1.94 bits per heavy atom. The highest BCUT2D eigenvalue weighted by Crippen LogP contribution is 2.29. The van der Waals surface area contributed by atoms with Gasteiger partial charge in [-0.05, 0) is 18.1 Å². The van der Waals surface area contributed by atoms with Crippen LogP contribution in [0.15, 0.2) is 36.9 Å². The zero-order chi connectivity index (χ0) is 12.9. The minimum Gasteiger partial charge on any atom is -0.462 e. The highest BCUT2D eigenvalue weighted by atomic mass is 19.3. The lowest BCUT2D eigenvalue weighted by Crippen LogP contribution is -2.30. The monoisotopic (exact) mass is 240 g/mol. The summed E-state index contributed by atoms with van der Waals surface area (Å²) in [6.45, 7) is 4.99. The number of hydrogen-bond acceptors (Lipinski definition) is 2. The number of rotatable bonds is 5. The first-order valence-electron chi connectivity index (χ1n) is 5.25. The van der Waals surface area contributed by atoms with Gasteiger partial charge in [0.05, 0.1) is 6.61 Å². The fourth-order valence-corrected chi connectivity index (χ4v) is 1.35. The summed E-state index contributed by atoms with van der Waals surface area (Å²) in [5.41, 5.74) is 0.806. The molecule has 0 amide bonds. The number of allylic oxidation sites excluding steroid dienone is 1. The number of esters is 1. The van der Waals surface area contributed by atoms with Crippen LogP contribution < -0.4 is 0 Å². The summed E-state index contributed by atoms with van der Waals surface area (Å²) in [6.07, 6.45) is -0.726. The van der Waals surface area contributed by atoms with Crippen LogP contribution in [0.1, 0.15) is 18.9 Å². The number of alkyl halides is 2. The van der Waals surface area contributed by atoms with Crippen molar-refractivity contribution in [2.45, 2.75) is 19.3 Å². The Bertz CT molecular complexity index is 399. The Hall–Kier alpha value is -1.71. The number of halogens is 2. The number of benzene rings is 1. The highest BCUT2D eigenvalue weighted by molar-refractivity contribution is 5.81. The van der Waals surface area contributed by atoms with Crippen molar-refractivity contribution < 1.29 is 18.3 Å². The van der Waals surface area contributed by atoms with Crippen molar-refractivity contribution in [3.05, 3.63) is 42.5 Å². The Labute approximate surface area is 98.9 Å². The summed E-state index contributed by atoms with van der Waals surface area (Å²) < 4.78 is 31.1. The summed E-state index contributed by atoms with van der Waals surface area (Å²) >= 11 is 0. The highest BCUT2D eigenvalue weighted by Gasteiger charge is 2.40. The molecule has 0 aromatic heterocycles. The molecule has 0 heterocycles. The standard InChI is InChI=1S/C13H14F2O2/c1-3-17-12(16)13(14,15)9-10(2)11-7-5-4-6-8-11/h4-8H,2-3,9H2,1H3. The van der Waals surface area contributed by atoms with Crippen molar-refractivity contribution in [1.29, 1.82) is 0 Å². The number of hydrogen-bond donors (Lipinski definition) is 0. The van der Waals surface area contributed by atoms with Gasteiger partial charge in [-0.2, -0.15) is 8.78 Å². The second-order valence-corrected chi connectivity index (χ2v) is 3.57. The molecule has 17 heavy (non-hydrogen) atoms. The lowest BCUT2D eigenvalue weighted by atomic mass is 10.0. The van der Waals surface area contributed by atoms with Crippen molar-refractivity contribution in [3.63, 3.8) is 0 Å². The van der Waals surface area contributed by atoms with Gasteiger partial charge in [0, 0.05) is 6.42 Å². The van der Waals surface area contributed by atoms with Gasteiger partial charge >= 0.3 is 11.9 Å². The van der Waals surface area contributed by atoms with E-state index >= 15 is 0 Å². The van der Waals surface area contributed by atoms with Gasteiger partial charge in [0.2, 0.25) is 0 Å². The van der Waals surface area contributed by atoms with E-state index in [2.05, 4.69) is 11.3 Å². The van der Waals surface area contributed by atoms with Crippen molar-refractivity contribution in [3.8, 4) is 0 Å². The van der Waals surface area contributed by atoms with E-state index in [0.29, 0.717) is 5.56 Å². The van der Waals surface area contributed by atoms with Gasteiger partial charge in [-0.1, -0.05) is 36.9 Å². The summed E-state index contributed by atoms with van der Waals surface area (Å²) in [7, 11) is 0. The number of ether oxygens (including phenoxy) is 1. The van der Waals surface area contributed by atoms with Crippen molar-refractivity contribution in [2.24, 2.45) is 0 Å². The summed E-state index contributed by atoms with van der Waals surface area (Å²) in [5, 5.41) is 0. The van der Waals surface area contributed by atoms with Gasteiger partial charge in [0.25, 0.3) is 0 Å². The molecule has 0 aliphatic carbocycles. The molecule has 1 aromatic carbocycles. The molecule has 0 saturated carbocycles. The topological polar surface area (TPSA) is 26.3 Å². The lowest BCUT2D eigenvalue weighted by molar-refractivity contribution is -0.170. The zero-order valence-corrected chi connectivity index (χ0v) is 9.58. The molecule has 0 N–H and O–H groups in total. The molecule has 0 radical (unpaired) electrons. The minimum absolute atomic E-state index is 0.0633. The van der Waals surface area contributed by atoms with Gasteiger partial charge in [0.15, 0.2) is 0 Å². The maximum atomic E-state index is 13.4. The van der Waals surface area contributed by atoms with Gasteiger partial charge in [0.1, 0.15) is 0 Å². The van der Waals surface area contributed by atoms with E-state index in [1.807, 2.05) is 0 Å². The third-order valence-corrected chi connectivity index (χ3v) is 2.19. The fourth-order valence-electron chi connectivity index (χ4n) is 1.35. The molecule has 1 rings (SSSR count). The van der Waals surface area contributed by atoms with Crippen LogP contribution in [-0.2, 0) is 9.53 Å². The van der Waals surface area contributed by atoms with E-state index in [-0.39, 0.29) is 12.2 Å². The average Bonchev–Trinajstić information content (AvgIpc) is 2.30. The van der Waals surface area contributed by atoms with E-state index in [1.54, 1.807) is 30.3 Å². The van der Waals surface area contributed by atoms with E-state index in [4.69, 9.17) is 0 Å². The Balaban J connectivity index is 2.71. The molecule has 1 aromatic rings. The molecule has 0 fully saturated rings. The van der Waals surface area contributed by atoms with Crippen LogP contribution >= 0.6 is 0 Å². The summed E-state index contributed by atoms with van der Waals surface area (Å²) in [6, 6.07) is 8.57. The summed E-state index contributed by atoms with van der Waals surface area (Å²) in [5.74, 6) is -5.03. The number of carbonyl (C=O) groups excluding carboxylic acids is 1. The second kappa shape index (κ2) is 5.57. The smallest absolute Gasteiger partial charge is 0.377 e. The van der Waals surface area contributed by atoms with E-state index in [9.17, 15) is 13.6 Å². The molecule has 0 bridgehead atoms. The first-order valence-corrected chi connectivity index (χ1v) is 5.25. The Morgan fingerprint density at radius 1 is 1.35 bits per heavy atom. The molecular weight excluding hydrogens is 226 g/mol. The molecule has 4 heteroatoms. The molecule has 0 unspecified atom stereocenters. The zero-order valence-electron chi connectivity index (χ0n) is 9.58. The van der Waals surface area contributed by atoms with Crippen LogP contribution in [-0.4, -0.2) is 18.5 Å². The lowest BCUT2D eigenvalue weighted by Gasteiger charge is -2.16. The predicted octanol–water partition coefficient (Wildman–Crippen LogP) is 3.29.